The molecule has 1 saturated heterocycles. The molecule has 88 valence electrons. The van der Waals surface area contributed by atoms with Crippen molar-refractivity contribution in [3.63, 3.8) is 0 Å². The zero-order chi connectivity index (χ0) is 11.6. The summed E-state index contributed by atoms with van der Waals surface area (Å²) < 4.78 is 19.1. The Morgan fingerprint density at radius 1 is 1.44 bits per heavy atom. The minimum atomic E-state index is -0.143. The van der Waals surface area contributed by atoms with Crippen molar-refractivity contribution in [2.75, 3.05) is 13.2 Å². The summed E-state index contributed by atoms with van der Waals surface area (Å²) in [5, 5.41) is 3.40. The Kier molecular flexibility index (Phi) is 3.26. The lowest BCUT2D eigenvalue weighted by molar-refractivity contribution is -0.0210. The lowest BCUT2D eigenvalue weighted by Crippen LogP contribution is -2.53. The van der Waals surface area contributed by atoms with Crippen LogP contribution >= 0.6 is 0 Å². The molecule has 1 aliphatic heterocycles. The molecule has 1 atom stereocenters. The summed E-state index contributed by atoms with van der Waals surface area (Å²) in [5.41, 5.74) is 0.764. The third kappa shape index (κ3) is 2.80. The van der Waals surface area contributed by atoms with Crippen LogP contribution in [0.1, 0.15) is 19.4 Å². The van der Waals surface area contributed by atoms with Crippen LogP contribution in [0.4, 0.5) is 4.39 Å². The number of benzene rings is 1. The van der Waals surface area contributed by atoms with E-state index in [9.17, 15) is 4.39 Å². The molecule has 0 amide bonds. The van der Waals surface area contributed by atoms with Crippen molar-refractivity contribution in [3.8, 4) is 0 Å². The summed E-state index contributed by atoms with van der Waals surface area (Å²) in [6.07, 6.45) is 0.709. The van der Waals surface area contributed by atoms with E-state index in [1.54, 1.807) is 6.07 Å². The van der Waals surface area contributed by atoms with Crippen LogP contribution in [0.25, 0.3) is 0 Å². The van der Waals surface area contributed by atoms with Gasteiger partial charge in [-0.15, -0.1) is 0 Å². The van der Waals surface area contributed by atoms with E-state index in [2.05, 4.69) is 19.2 Å². The van der Waals surface area contributed by atoms with Gasteiger partial charge in [0, 0.05) is 18.5 Å². The van der Waals surface area contributed by atoms with Gasteiger partial charge in [-0.25, -0.2) is 4.39 Å². The van der Waals surface area contributed by atoms with E-state index in [4.69, 9.17) is 4.74 Å². The SMILES string of the molecule is CC1(C)COC(Cc2ccccc2F)CN1. The third-order valence-electron chi connectivity index (χ3n) is 2.89. The minimum Gasteiger partial charge on any atom is -0.375 e. The summed E-state index contributed by atoms with van der Waals surface area (Å²) in [4.78, 5) is 0. The molecule has 0 radical (unpaired) electrons. The van der Waals surface area contributed by atoms with Crippen LogP contribution in [0.2, 0.25) is 0 Å². The number of halogens is 1. The molecule has 1 aromatic rings. The number of nitrogens with one attached hydrogen (secondary N) is 1. The van der Waals surface area contributed by atoms with Crippen molar-refractivity contribution in [1.29, 1.82) is 0 Å². The van der Waals surface area contributed by atoms with Gasteiger partial charge in [0.05, 0.1) is 12.7 Å². The van der Waals surface area contributed by atoms with Crippen LogP contribution in [-0.2, 0) is 11.2 Å². The fourth-order valence-corrected chi connectivity index (χ4v) is 1.87. The van der Waals surface area contributed by atoms with Crippen LogP contribution < -0.4 is 5.32 Å². The summed E-state index contributed by atoms with van der Waals surface area (Å²) in [6, 6.07) is 6.88. The van der Waals surface area contributed by atoms with Gasteiger partial charge in [-0.05, 0) is 25.5 Å². The maximum absolute atomic E-state index is 13.4. The van der Waals surface area contributed by atoms with Crippen molar-refractivity contribution in [3.05, 3.63) is 35.6 Å². The van der Waals surface area contributed by atoms with E-state index in [1.165, 1.54) is 6.07 Å². The fraction of sp³-hybridized carbons (Fsp3) is 0.538. The van der Waals surface area contributed by atoms with Gasteiger partial charge in [-0.2, -0.15) is 0 Å². The summed E-state index contributed by atoms with van der Waals surface area (Å²) in [5.74, 6) is -0.143. The van der Waals surface area contributed by atoms with E-state index in [-0.39, 0.29) is 17.5 Å². The van der Waals surface area contributed by atoms with E-state index in [1.807, 2.05) is 12.1 Å². The Labute approximate surface area is 95.8 Å². The number of hydrogen-bond donors (Lipinski definition) is 1. The Morgan fingerprint density at radius 2 is 2.19 bits per heavy atom. The van der Waals surface area contributed by atoms with Crippen molar-refractivity contribution in [2.24, 2.45) is 0 Å². The van der Waals surface area contributed by atoms with Crippen LogP contribution in [0.3, 0.4) is 0 Å². The van der Waals surface area contributed by atoms with E-state index in [0.717, 1.165) is 12.1 Å². The van der Waals surface area contributed by atoms with Crippen LogP contribution in [0, 0.1) is 5.82 Å². The molecule has 1 unspecified atom stereocenters. The average Bonchev–Trinajstić information content (AvgIpc) is 2.24. The van der Waals surface area contributed by atoms with Gasteiger partial charge >= 0.3 is 0 Å². The average molecular weight is 223 g/mol. The molecule has 3 heteroatoms. The van der Waals surface area contributed by atoms with Crippen molar-refractivity contribution in [1.82, 2.24) is 5.32 Å². The van der Waals surface area contributed by atoms with Gasteiger partial charge in [0.2, 0.25) is 0 Å². The molecular formula is C13H18FNO. The van der Waals surface area contributed by atoms with Crippen molar-refractivity contribution >= 4 is 0 Å². The predicted octanol–water partition coefficient (Wildman–Crippen LogP) is 2.14. The van der Waals surface area contributed by atoms with E-state index < -0.39 is 0 Å². The first-order chi connectivity index (χ1) is 7.57. The lowest BCUT2D eigenvalue weighted by Gasteiger charge is -2.36. The van der Waals surface area contributed by atoms with Gasteiger partial charge in [-0.3, -0.25) is 0 Å². The monoisotopic (exact) mass is 223 g/mol. The number of morpholine rings is 1. The lowest BCUT2D eigenvalue weighted by atomic mass is 10.0. The summed E-state index contributed by atoms with van der Waals surface area (Å²) in [7, 11) is 0. The van der Waals surface area contributed by atoms with Crippen LogP contribution in [-0.4, -0.2) is 24.8 Å². The molecule has 0 spiro atoms. The second-order valence-corrected chi connectivity index (χ2v) is 4.99. The van der Waals surface area contributed by atoms with E-state index in [0.29, 0.717) is 13.0 Å². The normalized spacial score (nSPS) is 24.3. The molecule has 2 rings (SSSR count). The first-order valence-corrected chi connectivity index (χ1v) is 5.67. The maximum Gasteiger partial charge on any atom is 0.126 e. The topological polar surface area (TPSA) is 21.3 Å². The van der Waals surface area contributed by atoms with Gasteiger partial charge in [0.25, 0.3) is 0 Å². The zero-order valence-electron chi connectivity index (χ0n) is 9.79. The molecule has 0 saturated carbocycles. The fourth-order valence-electron chi connectivity index (χ4n) is 1.87. The smallest absolute Gasteiger partial charge is 0.126 e. The molecule has 1 aliphatic rings. The highest BCUT2D eigenvalue weighted by Crippen LogP contribution is 2.16. The van der Waals surface area contributed by atoms with Crippen LogP contribution in [0.15, 0.2) is 24.3 Å². The van der Waals surface area contributed by atoms with Crippen molar-refractivity contribution in [2.45, 2.75) is 31.9 Å². The van der Waals surface area contributed by atoms with Crippen molar-refractivity contribution < 1.29 is 9.13 Å². The molecule has 0 bridgehead atoms. The molecule has 2 nitrogen and oxygen atoms in total. The molecule has 0 aliphatic carbocycles. The maximum atomic E-state index is 13.4. The highest BCUT2D eigenvalue weighted by Gasteiger charge is 2.27. The first-order valence-electron chi connectivity index (χ1n) is 5.67. The van der Waals surface area contributed by atoms with Gasteiger partial charge < -0.3 is 10.1 Å². The first kappa shape index (κ1) is 11.6. The summed E-state index contributed by atoms with van der Waals surface area (Å²) >= 11 is 0. The predicted molar refractivity (Wildman–Crippen MR) is 61.9 cm³/mol. The largest absolute Gasteiger partial charge is 0.375 e. The number of rotatable bonds is 2. The molecule has 1 heterocycles. The minimum absolute atomic E-state index is 0.0335. The number of ether oxygens (including phenoxy) is 1. The Balaban J connectivity index is 1.95. The Hall–Kier alpha value is -0.930. The second-order valence-electron chi connectivity index (χ2n) is 4.99. The third-order valence-corrected chi connectivity index (χ3v) is 2.89. The van der Waals surface area contributed by atoms with Gasteiger partial charge in [0.15, 0.2) is 0 Å². The molecule has 1 N–H and O–H groups in total. The van der Waals surface area contributed by atoms with E-state index >= 15 is 0 Å². The summed E-state index contributed by atoms with van der Waals surface area (Å²) in [6.45, 7) is 5.66. The van der Waals surface area contributed by atoms with Crippen LogP contribution in [0.5, 0.6) is 0 Å². The van der Waals surface area contributed by atoms with Gasteiger partial charge in [0.1, 0.15) is 5.82 Å². The quantitative estimate of drug-likeness (QED) is 0.829. The highest BCUT2D eigenvalue weighted by atomic mass is 19.1. The molecule has 1 aromatic carbocycles. The molecule has 16 heavy (non-hydrogen) atoms. The second kappa shape index (κ2) is 4.52. The highest BCUT2D eigenvalue weighted by molar-refractivity contribution is 5.18. The Morgan fingerprint density at radius 3 is 2.81 bits per heavy atom. The zero-order valence-corrected chi connectivity index (χ0v) is 9.79. The standard InChI is InChI=1S/C13H18FNO/c1-13(2)9-16-11(8-15-13)7-10-5-3-4-6-12(10)14/h3-6,11,15H,7-9H2,1-2H3. The number of hydrogen-bond acceptors (Lipinski definition) is 2. The Bertz CT molecular complexity index is 355. The molecule has 0 aromatic heterocycles. The molecule has 1 fully saturated rings. The van der Waals surface area contributed by atoms with Gasteiger partial charge in [-0.1, -0.05) is 18.2 Å². The molecular weight excluding hydrogens is 205 g/mol.